The molecule has 6 heteroatoms. The molecule has 2 aliphatic carbocycles. The second kappa shape index (κ2) is 9.16. The van der Waals surface area contributed by atoms with Crippen LogP contribution in [0, 0.1) is 11.8 Å². The summed E-state index contributed by atoms with van der Waals surface area (Å²) in [6.45, 7) is 4.40. The summed E-state index contributed by atoms with van der Waals surface area (Å²) in [5.74, 6) is 1.24. The van der Waals surface area contributed by atoms with Crippen LogP contribution in [0.15, 0.2) is 24.3 Å². The van der Waals surface area contributed by atoms with Crippen molar-refractivity contribution in [3.05, 3.63) is 24.3 Å². The monoisotopic (exact) mass is 399 g/mol. The Labute approximate surface area is 173 Å². The van der Waals surface area contributed by atoms with Crippen molar-refractivity contribution in [3.8, 4) is 5.75 Å². The van der Waals surface area contributed by atoms with Gasteiger partial charge in [0.05, 0.1) is 0 Å². The van der Waals surface area contributed by atoms with Gasteiger partial charge in [-0.05, 0) is 70.0 Å². The molecule has 1 aromatic rings. The average Bonchev–Trinajstić information content (AvgIpc) is 3.51. The van der Waals surface area contributed by atoms with Gasteiger partial charge in [-0.3, -0.25) is 9.59 Å². The summed E-state index contributed by atoms with van der Waals surface area (Å²) in [6, 6.07) is 8.17. The highest BCUT2D eigenvalue weighted by Gasteiger charge is 2.32. The number of rotatable bonds is 8. The molecule has 1 aliphatic heterocycles. The lowest BCUT2D eigenvalue weighted by Gasteiger charge is -2.43. The molecule has 0 bridgehead atoms. The van der Waals surface area contributed by atoms with Gasteiger partial charge in [-0.25, -0.2) is 0 Å². The minimum absolute atomic E-state index is 0.0105. The number of nitrogens with zero attached hydrogens (tertiary/aromatic N) is 1. The number of anilines is 1. The Morgan fingerprint density at radius 1 is 1.17 bits per heavy atom. The number of piperidine rings is 1. The van der Waals surface area contributed by atoms with Crippen LogP contribution in [0.2, 0.25) is 0 Å². The van der Waals surface area contributed by atoms with Crippen molar-refractivity contribution in [2.24, 2.45) is 11.8 Å². The fourth-order valence-corrected chi connectivity index (χ4v) is 4.35. The molecule has 1 saturated heterocycles. The highest BCUT2D eigenvalue weighted by molar-refractivity contribution is 5.94. The summed E-state index contributed by atoms with van der Waals surface area (Å²) in [4.78, 5) is 26.9. The summed E-state index contributed by atoms with van der Waals surface area (Å²) in [6.07, 6.45) is 8.37. The van der Waals surface area contributed by atoms with E-state index in [1.807, 2.05) is 12.1 Å². The molecule has 4 rings (SSSR count). The molecule has 1 heterocycles. The van der Waals surface area contributed by atoms with Gasteiger partial charge in [0.25, 0.3) is 5.91 Å². The molecule has 6 nitrogen and oxygen atoms in total. The third kappa shape index (κ3) is 5.50. The second-order valence-electron chi connectivity index (χ2n) is 8.92. The van der Waals surface area contributed by atoms with Crippen LogP contribution in [0.1, 0.15) is 51.9 Å². The van der Waals surface area contributed by atoms with Gasteiger partial charge in [0.1, 0.15) is 5.75 Å². The van der Waals surface area contributed by atoms with Crippen molar-refractivity contribution in [3.63, 3.8) is 0 Å². The first-order valence-corrected chi connectivity index (χ1v) is 11.2. The van der Waals surface area contributed by atoms with Gasteiger partial charge in [0.15, 0.2) is 6.61 Å². The van der Waals surface area contributed by atoms with Gasteiger partial charge >= 0.3 is 0 Å². The second-order valence-corrected chi connectivity index (χ2v) is 8.92. The Morgan fingerprint density at radius 3 is 2.72 bits per heavy atom. The van der Waals surface area contributed by atoms with E-state index in [1.54, 1.807) is 12.1 Å². The zero-order valence-corrected chi connectivity index (χ0v) is 17.4. The highest BCUT2D eigenvalue weighted by Crippen LogP contribution is 2.31. The van der Waals surface area contributed by atoms with E-state index in [2.05, 4.69) is 22.5 Å². The summed E-state index contributed by atoms with van der Waals surface area (Å²) in [5.41, 5.74) is 0.714. The molecule has 3 fully saturated rings. The number of carbonyl (C=O) groups is 2. The quantitative estimate of drug-likeness (QED) is 0.704. The molecule has 2 N–H and O–H groups in total. The fraction of sp³-hybridized carbons (Fsp3) is 0.652. The van der Waals surface area contributed by atoms with Crippen molar-refractivity contribution in [1.29, 1.82) is 0 Å². The Hall–Kier alpha value is -2.08. The van der Waals surface area contributed by atoms with Gasteiger partial charge in [-0.15, -0.1) is 0 Å². The number of nitrogens with one attached hydrogen (secondary N) is 2. The van der Waals surface area contributed by atoms with E-state index in [9.17, 15) is 9.59 Å². The Bertz CT molecular complexity index is 730. The van der Waals surface area contributed by atoms with Crippen LogP contribution >= 0.6 is 0 Å². The van der Waals surface area contributed by atoms with Gasteiger partial charge in [-0.2, -0.15) is 0 Å². The van der Waals surface area contributed by atoms with Crippen molar-refractivity contribution < 1.29 is 14.3 Å². The molecule has 0 radical (unpaired) electrons. The van der Waals surface area contributed by atoms with E-state index >= 15 is 0 Å². The molecule has 2 amide bonds. The average molecular weight is 400 g/mol. The van der Waals surface area contributed by atoms with E-state index in [0.717, 1.165) is 25.4 Å². The predicted octanol–water partition coefficient (Wildman–Crippen LogP) is 3.18. The normalized spacial score (nSPS) is 23.7. The number of likely N-dealkylation sites (tertiary alicyclic amines) is 1. The largest absolute Gasteiger partial charge is 0.484 e. The minimum atomic E-state index is -0.0920. The lowest BCUT2D eigenvalue weighted by atomic mass is 9.85. The van der Waals surface area contributed by atoms with Crippen molar-refractivity contribution in [1.82, 2.24) is 10.2 Å². The molecule has 1 aromatic carbocycles. The third-order valence-electron chi connectivity index (χ3n) is 6.60. The highest BCUT2D eigenvalue weighted by atomic mass is 16.5. The molecule has 158 valence electrons. The summed E-state index contributed by atoms with van der Waals surface area (Å²) in [7, 11) is 0. The zero-order valence-electron chi connectivity index (χ0n) is 17.4. The Morgan fingerprint density at radius 2 is 2.00 bits per heavy atom. The number of ether oxygens (including phenoxy) is 1. The van der Waals surface area contributed by atoms with E-state index in [0.29, 0.717) is 17.4 Å². The molecule has 0 aromatic heterocycles. The van der Waals surface area contributed by atoms with E-state index in [4.69, 9.17) is 4.74 Å². The van der Waals surface area contributed by atoms with Crippen LogP contribution in [-0.4, -0.2) is 48.5 Å². The van der Waals surface area contributed by atoms with Crippen LogP contribution in [0.4, 0.5) is 5.69 Å². The van der Waals surface area contributed by atoms with Gasteiger partial charge in [0, 0.05) is 36.3 Å². The smallest absolute Gasteiger partial charge is 0.258 e. The van der Waals surface area contributed by atoms with E-state index < -0.39 is 0 Å². The first-order chi connectivity index (χ1) is 14.1. The lowest BCUT2D eigenvalue weighted by Crippen LogP contribution is -2.51. The maximum Gasteiger partial charge on any atom is 0.258 e. The lowest BCUT2D eigenvalue weighted by molar-refractivity contribution is -0.124. The maximum absolute atomic E-state index is 12.4. The van der Waals surface area contributed by atoms with Crippen molar-refractivity contribution in [2.45, 2.75) is 64.0 Å². The Balaban J connectivity index is 1.21. The molecular weight excluding hydrogens is 366 g/mol. The van der Waals surface area contributed by atoms with Crippen LogP contribution in [0.3, 0.4) is 0 Å². The fourth-order valence-electron chi connectivity index (χ4n) is 4.35. The number of amides is 2. The molecule has 3 aliphatic rings. The van der Waals surface area contributed by atoms with E-state index in [-0.39, 0.29) is 30.4 Å². The molecule has 2 saturated carbocycles. The molecule has 2 unspecified atom stereocenters. The minimum Gasteiger partial charge on any atom is -0.484 e. The molecular formula is C23H33N3O3. The van der Waals surface area contributed by atoms with E-state index in [1.165, 1.54) is 38.6 Å². The maximum atomic E-state index is 12.4. The van der Waals surface area contributed by atoms with Crippen LogP contribution in [-0.2, 0) is 9.59 Å². The molecule has 2 atom stereocenters. The zero-order chi connectivity index (χ0) is 20.2. The molecule has 29 heavy (non-hydrogen) atoms. The summed E-state index contributed by atoms with van der Waals surface area (Å²) < 4.78 is 5.67. The van der Waals surface area contributed by atoms with Crippen LogP contribution in [0.25, 0.3) is 0 Å². The topological polar surface area (TPSA) is 70.7 Å². The third-order valence-corrected chi connectivity index (χ3v) is 6.60. The predicted molar refractivity (Wildman–Crippen MR) is 113 cm³/mol. The first kappa shape index (κ1) is 20.2. The van der Waals surface area contributed by atoms with Gasteiger partial charge in [-0.1, -0.05) is 12.5 Å². The standard InChI is InChI=1S/C23H33N3O3/c1-16(18-5-4-12-26(14-18)20-7-3-8-20)24-22(27)15-29-21-9-2-6-19(13-21)25-23(28)17-10-11-17/h2,6,9,13,16-18,20H,3-5,7-8,10-12,14-15H2,1H3,(H,24,27)(H,25,28). The number of hydrogen-bond acceptors (Lipinski definition) is 4. The van der Waals surface area contributed by atoms with Crippen LogP contribution in [0.5, 0.6) is 5.75 Å². The van der Waals surface area contributed by atoms with Crippen molar-refractivity contribution >= 4 is 17.5 Å². The van der Waals surface area contributed by atoms with Crippen molar-refractivity contribution in [2.75, 3.05) is 25.0 Å². The number of carbonyl (C=O) groups excluding carboxylic acids is 2. The summed E-state index contributed by atoms with van der Waals surface area (Å²) >= 11 is 0. The van der Waals surface area contributed by atoms with Crippen LogP contribution < -0.4 is 15.4 Å². The SMILES string of the molecule is CC(NC(=O)COc1cccc(NC(=O)C2CC2)c1)C1CCCN(C2CCC2)C1. The summed E-state index contributed by atoms with van der Waals surface area (Å²) in [5, 5.41) is 6.03. The Kier molecular flexibility index (Phi) is 6.38. The number of benzene rings is 1. The molecule has 0 spiro atoms. The van der Waals surface area contributed by atoms with Gasteiger partial charge < -0.3 is 20.3 Å². The number of hydrogen-bond donors (Lipinski definition) is 2. The van der Waals surface area contributed by atoms with Gasteiger partial charge in [0.2, 0.25) is 5.91 Å². The first-order valence-electron chi connectivity index (χ1n) is 11.2.